The summed E-state index contributed by atoms with van der Waals surface area (Å²) in [7, 11) is 0. The Morgan fingerprint density at radius 2 is 2.20 bits per heavy atom. The van der Waals surface area contributed by atoms with E-state index in [1.54, 1.807) is 0 Å². The van der Waals surface area contributed by atoms with Gasteiger partial charge in [0.15, 0.2) is 0 Å². The number of carbonyl (C=O) groups is 1. The first kappa shape index (κ1) is 13.7. The van der Waals surface area contributed by atoms with E-state index in [2.05, 4.69) is 26.5 Å². The van der Waals surface area contributed by atoms with E-state index in [-0.39, 0.29) is 22.7 Å². The third-order valence-corrected chi connectivity index (χ3v) is 6.19. The molecule has 0 spiro atoms. The fraction of sp³-hybridized carbons (Fsp3) is 0.765. The van der Waals surface area contributed by atoms with Crippen LogP contribution in [0.2, 0.25) is 0 Å². The molecule has 3 atom stereocenters. The Hall–Kier alpha value is -1.30. The summed E-state index contributed by atoms with van der Waals surface area (Å²) in [5.41, 5.74) is 0.925. The lowest BCUT2D eigenvalue weighted by Crippen LogP contribution is -2.48. The van der Waals surface area contributed by atoms with Gasteiger partial charge in [0.1, 0.15) is 0 Å². The summed E-state index contributed by atoms with van der Waals surface area (Å²) in [6.45, 7) is 10.2. The molecule has 108 valence electrons. The molecule has 0 N–H and O–H groups in total. The molecule has 0 aromatic rings. The molecule has 3 nitrogen and oxygen atoms in total. The van der Waals surface area contributed by atoms with Crippen molar-refractivity contribution in [1.29, 1.82) is 5.26 Å². The van der Waals surface area contributed by atoms with E-state index in [0.29, 0.717) is 12.5 Å². The monoisotopic (exact) mass is 272 g/mol. The van der Waals surface area contributed by atoms with Crippen LogP contribution in [-0.4, -0.2) is 23.9 Å². The van der Waals surface area contributed by atoms with Gasteiger partial charge in [-0.05, 0) is 43.4 Å². The van der Waals surface area contributed by atoms with Crippen LogP contribution >= 0.6 is 0 Å². The smallest absolute Gasteiger partial charge is 0.232 e. The van der Waals surface area contributed by atoms with Crippen molar-refractivity contribution in [2.45, 2.75) is 46.0 Å². The maximum atomic E-state index is 13.1. The highest BCUT2D eigenvalue weighted by Crippen LogP contribution is 2.66. The summed E-state index contributed by atoms with van der Waals surface area (Å²) < 4.78 is 0. The van der Waals surface area contributed by atoms with E-state index in [1.807, 2.05) is 4.90 Å². The normalized spacial score (nSPS) is 38.9. The van der Waals surface area contributed by atoms with Crippen molar-refractivity contribution in [1.82, 2.24) is 4.90 Å². The predicted molar refractivity (Wildman–Crippen MR) is 77.6 cm³/mol. The summed E-state index contributed by atoms with van der Waals surface area (Å²) in [5, 5.41) is 9.12. The largest absolute Gasteiger partial charge is 0.341 e. The average Bonchev–Trinajstić information content (AvgIpc) is 2.98. The highest BCUT2D eigenvalue weighted by molar-refractivity contribution is 5.87. The van der Waals surface area contributed by atoms with Crippen LogP contribution in [-0.2, 0) is 4.79 Å². The first-order chi connectivity index (χ1) is 9.41. The summed E-state index contributed by atoms with van der Waals surface area (Å²) >= 11 is 0. The van der Waals surface area contributed by atoms with E-state index in [4.69, 9.17) is 5.26 Å². The second-order valence-electron chi connectivity index (χ2n) is 7.44. The van der Waals surface area contributed by atoms with Crippen LogP contribution in [0.5, 0.6) is 0 Å². The van der Waals surface area contributed by atoms with Gasteiger partial charge in [0, 0.05) is 13.1 Å². The van der Waals surface area contributed by atoms with Gasteiger partial charge in [-0.15, -0.1) is 0 Å². The zero-order valence-electron chi connectivity index (χ0n) is 12.6. The Morgan fingerprint density at radius 1 is 1.45 bits per heavy atom. The molecule has 2 saturated carbocycles. The first-order valence-electron chi connectivity index (χ1n) is 7.80. The van der Waals surface area contributed by atoms with Crippen molar-refractivity contribution in [2.24, 2.45) is 22.7 Å². The van der Waals surface area contributed by atoms with E-state index < -0.39 is 0 Å². The fourth-order valence-corrected chi connectivity index (χ4v) is 4.69. The van der Waals surface area contributed by atoms with Gasteiger partial charge in [0.05, 0.1) is 17.4 Å². The molecule has 3 aliphatic rings. The lowest BCUT2D eigenvalue weighted by molar-refractivity contribution is -0.141. The number of nitriles is 1. The molecule has 0 aromatic heterocycles. The average molecular weight is 272 g/mol. The van der Waals surface area contributed by atoms with Crippen molar-refractivity contribution in [3.63, 3.8) is 0 Å². The molecule has 1 amide bonds. The number of nitrogens with zero attached hydrogens (tertiary/aromatic N) is 2. The third kappa shape index (κ3) is 1.67. The van der Waals surface area contributed by atoms with Crippen LogP contribution in [0.25, 0.3) is 0 Å². The number of hydrogen-bond acceptors (Lipinski definition) is 2. The summed E-state index contributed by atoms with van der Waals surface area (Å²) in [4.78, 5) is 15.0. The SMILES string of the molecule is C=C1C(C)(C)[C@H]2CC[C@@]1(C(=O)N1CCC[C@@H](C#N)C1)C2. The first-order valence-corrected chi connectivity index (χ1v) is 7.80. The van der Waals surface area contributed by atoms with E-state index >= 15 is 0 Å². The molecule has 0 aromatic carbocycles. The molecule has 1 saturated heterocycles. The van der Waals surface area contributed by atoms with Crippen molar-refractivity contribution < 1.29 is 4.79 Å². The molecule has 3 rings (SSSR count). The highest BCUT2D eigenvalue weighted by atomic mass is 16.2. The lowest BCUT2D eigenvalue weighted by Gasteiger charge is -2.41. The molecule has 1 aliphatic heterocycles. The highest BCUT2D eigenvalue weighted by Gasteiger charge is 2.61. The molecule has 2 aliphatic carbocycles. The molecule has 0 radical (unpaired) electrons. The second kappa shape index (κ2) is 4.35. The fourth-order valence-electron chi connectivity index (χ4n) is 4.69. The number of hydrogen-bond donors (Lipinski definition) is 0. The van der Waals surface area contributed by atoms with Crippen LogP contribution < -0.4 is 0 Å². The maximum Gasteiger partial charge on any atom is 0.232 e. The predicted octanol–water partition coefficient (Wildman–Crippen LogP) is 3.13. The Labute approximate surface area is 121 Å². The molecule has 1 heterocycles. The van der Waals surface area contributed by atoms with Gasteiger partial charge >= 0.3 is 0 Å². The van der Waals surface area contributed by atoms with Crippen LogP contribution in [0.4, 0.5) is 0 Å². The Balaban J connectivity index is 1.84. The van der Waals surface area contributed by atoms with Gasteiger partial charge in [-0.25, -0.2) is 0 Å². The van der Waals surface area contributed by atoms with Crippen LogP contribution in [0.15, 0.2) is 12.2 Å². The van der Waals surface area contributed by atoms with E-state index in [9.17, 15) is 4.79 Å². The lowest BCUT2D eigenvalue weighted by atomic mass is 9.68. The molecule has 2 bridgehead atoms. The van der Waals surface area contributed by atoms with E-state index in [0.717, 1.165) is 44.2 Å². The number of amides is 1. The molecule has 3 fully saturated rings. The number of fused-ring (bicyclic) bond motifs is 2. The number of rotatable bonds is 1. The molecular formula is C17H24N2O. The van der Waals surface area contributed by atoms with Gasteiger partial charge in [0.2, 0.25) is 5.91 Å². The maximum absolute atomic E-state index is 13.1. The topological polar surface area (TPSA) is 44.1 Å². The quantitative estimate of drug-likeness (QED) is 0.688. The molecule has 0 unspecified atom stereocenters. The zero-order chi connectivity index (χ0) is 14.5. The minimum atomic E-state index is -0.314. The number of carbonyl (C=O) groups excluding carboxylic acids is 1. The summed E-state index contributed by atoms with van der Waals surface area (Å²) in [5.74, 6) is 0.884. The second-order valence-corrected chi connectivity index (χ2v) is 7.44. The minimum Gasteiger partial charge on any atom is -0.341 e. The number of likely N-dealkylation sites (tertiary alicyclic amines) is 1. The summed E-state index contributed by atoms with van der Waals surface area (Å²) in [6.07, 6.45) is 4.98. The van der Waals surface area contributed by atoms with Crippen molar-refractivity contribution in [2.75, 3.05) is 13.1 Å². The van der Waals surface area contributed by atoms with Gasteiger partial charge < -0.3 is 4.90 Å². The third-order valence-electron chi connectivity index (χ3n) is 6.19. The zero-order valence-corrected chi connectivity index (χ0v) is 12.6. The molecular weight excluding hydrogens is 248 g/mol. The van der Waals surface area contributed by atoms with Crippen LogP contribution in [0, 0.1) is 34.0 Å². The Kier molecular flexibility index (Phi) is 2.97. The minimum absolute atomic E-state index is 0.0176. The van der Waals surface area contributed by atoms with Crippen molar-refractivity contribution in [3.05, 3.63) is 12.2 Å². The Morgan fingerprint density at radius 3 is 2.80 bits per heavy atom. The molecule has 3 heteroatoms. The van der Waals surface area contributed by atoms with Gasteiger partial charge in [-0.1, -0.05) is 26.0 Å². The standard InChI is InChI=1S/C17H24N2O/c1-12-16(2,3)14-6-7-17(12,9-14)15(20)19-8-4-5-13(10-18)11-19/h13-14H,1,4-9,11H2,2-3H3/t13-,14-,17+/m0/s1. The van der Waals surface area contributed by atoms with Gasteiger partial charge in [-0.2, -0.15) is 5.26 Å². The van der Waals surface area contributed by atoms with E-state index in [1.165, 1.54) is 0 Å². The van der Waals surface area contributed by atoms with Crippen LogP contribution in [0.3, 0.4) is 0 Å². The van der Waals surface area contributed by atoms with Crippen molar-refractivity contribution in [3.8, 4) is 6.07 Å². The van der Waals surface area contributed by atoms with Gasteiger partial charge in [0.25, 0.3) is 0 Å². The van der Waals surface area contributed by atoms with Crippen molar-refractivity contribution >= 4 is 5.91 Å². The van der Waals surface area contributed by atoms with Gasteiger partial charge in [-0.3, -0.25) is 4.79 Å². The summed E-state index contributed by atoms with van der Waals surface area (Å²) in [6, 6.07) is 2.33. The van der Waals surface area contributed by atoms with Crippen LogP contribution in [0.1, 0.15) is 46.0 Å². The Bertz CT molecular complexity index is 502. The molecule has 20 heavy (non-hydrogen) atoms. The number of piperidine rings is 1.